The first-order valence-corrected chi connectivity index (χ1v) is 8.77. The van der Waals surface area contributed by atoms with E-state index in [0.29, 0.717) is 0 Å². The molecule has 1 aliphatic rings. The van der Waals surface area contributed by atoms with Crippen molar-refractivity contribution < 1.29 is 9.31 Å². The van der Waals surface area contributed by atoms with Crippen LogP contribution >= 0.6 is 0 Å². The first-order valence-electron chi connectivity index (χ1n) is 8.77. The van der Waals surface area contributed by atoms with Crippen LogP contribution in [0.1, 0.15) is 27.7 Å². The number of benzene rings is 2. The van der Waals surface area contributed by atoms with Gasteiger partial charge in [-0.15, -0.1) is 0 Å². The minimum atomic E-state index is -0.330. The molecular weight excluding hydrogens is 325 g/mol. The quantitative estimate of drug-likeness (QED) is 0.683. The highest BCUT2D eigenvalue weighted by Crippen LogP contribution is 2.36. The molecular formula is C20H22BN3O2. The van der Waals surface area contributed by atoms with Gasteiger partial charge in [0.1, 0.15) is 12.7 Å². The average Bonchev–Trinajstić information content (AvgIpc) is 3.22. The Morgan fingerprint density at radius 2 is 1.35 bits per heavy atom. The van der Waals surface area contributed by atoms with Crippen LogP contribution in [-0.4, -0.2) is 33.1 Å². The van der Waals surface area contributed by atoms with E-state index < -0.39 is 0 Å². The lowest BCUT2D eigenvalue weighted by atomic mass is 9.78. The van der Waals surface area contributed by atoms with Gasteiger partial charge in [-0.25, -0.2) is 9.67 Å². The van der Waals surface area contributed by atoms with Gasteiger partial charge in [0, 0.05) is 0 Å². The van der Waals surface area contributed by atoms with E-state index in [0.717, 1.165) is 22.3 Å². The van der Waals surface area contributed by atoms with Gasteiger partial charge in [0.15, 0.2) is 0 Å². The number of hydrogen-bond acceptors (Lipinski definition) is 4. The van der Waals surface area contributed by atoms with Crippen LogP contribution in [-0.2, 0) is 9.31 Å². The molecule has 1 fully saturated rings. The largest absolute Gasteiger partial charge is 0.494 e. The topological polar surface area (TPSA) is 49.2 Å². The third kappa shape index (κ3) is 2.95. The summed E-state index contributed by atoms with van der Waals surface area (Å²) >= 11 is 0. The molecule has 5 nitrogen and oxygen atoms in total. The molecule has 2 aromatic carbocycles. The van der Waals surface area contributed by atoms with Crippen molar-refractivity contribution in [3.63, 3.8) is 0 Å². The van der Waals surface area contributed by atoms with Gasteiger partial charge in [0.05, 0.1) is 16.9 Å². The summed E-state index contributed by atoms with van der Waals surface area (Å²) in [4.78, 5) is 3.98. The summed E-state index contributed by atoms with van der Waals surface area (Å²) in [6.07, 6.45) is 3.22. The summed E-state index contributed by atoms with van der Waals surface area (Å²) in [6, 6.07) is 16.6. The van der Waals surface area contributed by atoms with Crippen LogP contribution < -0.4 is 5.46 Å². The van der Waals surface area contributed by atoms with Crippen molar-refractivity contribution in [3.05, 3.63) is 61.2 Å². The first-order chi connectivity index (χ1) is 12.4. The van der Waals surface area contributed by atoms with E-state index in [4.69, 9.17) is 9.31 Å². The molecule has 6 heteroatoms. The van der Waals surface area contributed by atoms with Crippen molar-refractivity contribution in [2.24, 2.45) is 0 Å². The van der Waals surface area contributed by atoms with Gasteiger partial charge >= 0.3 is 7.12 Å². The third-order valence-corrected chi connectivity index (χ3v) is 5.32. The van der Waals surface area contributed by atoms with Crippen LogP contribution in [0.4, 0.5) is 0 Å². The zero-order valence-electron chi connectivity index (χ0n) is 15.5. The summed E-state index contributed by atoms with van der Waals surface area (Å²) in [5, 5.41) is 4.15. The van der Waals surface area contributed by atoms with E-state index in [9.17, 15) is 0 Å². The minimum Gasteiger partial charge on any atom is -0.399 e. The van der Waals surface area contributed by atoms with Crippen molar-refractivity contribution in [2.75, 3.05) is 0 Å². The van der Waals surface area contributed by atoms with Crippen molar-refractivity contribution in [1.29, 1.82) is 0 Å². The predicted molar refractivity (Wildman–Crippen MR) is 103 cm³/mol. The molecule has 0 unspecified atom stereocenters. The molecule has 2 heterocycles. The Labute approximate surface area is 154 Å². The van der Waals surface area contributed by atoms with Gasteiger partial charge < -0.3 is 9.31 Å². The molecule has 26 heavy (non-hydrogen) atoms. The van der Waals surface area contributed by atoms with Gasteiger partial charge in [0.25, 0.3) is 0 Å². The summed E-state index contributed by atoms with van der Waals surface area (Å²) in [7, 11) is -0.330. The maximum atomic E-state index is 6.11. The lowest BCUT2D eigenvalue weighted by Crippen LogP contribution is -2.41. The summed E-state index contributed by atoms with van der Waals surface area (Å²) in [5.74, 6) is 0. The molecule has 0 saturated carbocycles. The lowest BCUT2D eigenvalue weighted by Gasteiger charge is -2.32. The Morgan fingerprint density at radius 3 is 1.85 bits per heavy atom. The Bertz CT molecular complexity index is 872. The highest BCUT2D eigenvalue weighted by molar-refractivity contribution is 6.62. The first kappa shape index (κ1) is 17.0. The number of nitrogens with zero attached hydrogens (tertiary/aromatic N) is 3. The monoisotopic (exact) mass is 347 g/mol. The number of aromatic nitrogens is 3. The number of rotatable bonds is 3. The maximum Gasteiger partial charge on any atom is 0.494 e. The SMILES string of the molecule is CC1(C)OB(c2ccc(-c3ccc(-n4cncn4)cc3)cc2)OC1(C)C. The summed E-state index contributed by atoms with van der Waals surface area (Å²) in [6.45, 7) is 8.27. The lowest BCUT2D eigenvalue weighted by molar-refractivity contribution is 0.00578. The second kappa shape index (κ2) is 6.07. The smallest absolute Gasteiger partial charge is 0.399 e. The molecule has 0 aliphatic carbocycles. The van der Waals surface area contributed by atoms with Crippen LogP contribution in [0.25, 0.3) is 16.8 Å². The zero-order chi connectivity index (χ0) is 18.4. The normalized spacial score (nSPS) is 18.2. The van der Waals surface area contributed by atoms with Crippen LogP contribution in [0.2, 0.25) is 0 Å². The van der Waals surface area contributed by atoms with E-state index >= 15 is 0 Å². The van der Waals surface area contributed by atoms with Crippen molar-refractivity contribution in [1.82, 2.24) is 14.8 Å². The molecule has 3 aromatic rings. The Hall–Kier alpha value is -2.44. The van der Waals surface area contributed by atoms with E-state index in [2.05, 4.69) is 74.2 Å². The van der Waals surface area contributed by atoms with Gasteiger partial charge in [0.2, 0.25) is 0 Å². The fraction of sp³-hybridized carbons (Fsp3) is 0.300. The van der Waals surface area contributed by atoms with Crippen LogP contribution in [0.3, 0.4) is 0 Å². The molecule has 0 amide bonds. The average molecular weight is 347 g/mol. The molecule has 0 atom stereocenters. The second-order valence-corrected chi connectivity index (χ2v) is 7.60. The second-order valence-electron chi connectivity index (χ2n) is 7.60. The molecule has 1 saturated heterocycles. The highest BCUT2D eigenvalue weighted by atomic mass is 16.7. The predicted octanol–water partition coefficient (Wildman–Crippen LogP) is 3.23. The third-order valence-electron chi connectivity index (χ3n) is 5.32. The van der Waals surface area contributed by atoms with E-state index in [1.165, 1.54) is 6.33 Å². The maximum absolute atomic E-state index is 6.11. The molecule has 0 spiro atoms. The summed E-state index contributed by atoms with van der Waals surface area (Å²) < 4.78 is 14.0. The van der Waals surface area contributed by atoms with E-state index in [1.54, 1.807) is 11.0 Å². The summed E-state index contributed by atoms with van der Waals surface area (Å²) in [5.41, 5.74) is 3.66. The van der Waals surface area contributed by atoms with Crippen LogP contribution in [0.5, 0.6) is 0 Å². The van der Waals surface area contributed by atoms with E-state index in [1.807, 2.05) is 12.1 Å². The fourth-order valence-corrected chi connectivity index (χ4v) is 2.96. The molecule has 1 aliphatic heterocycles. The molecule has 0 radical (unpaired) electrons. The standard InChI is InChI=1S/C20H22BN3O2/c1-19(2)20(3,4)26-21(25-19)17-9-5-15(6-10-17)16-7-11-18(12-8-16)24-14-22-13-23-24/h5-14H,1-4H3. The zero-order valence-corrected chi connectivity index (χ0v) is 15.5. The fourth-order valence-electron chi connectivity index (χ4n) is 2.96. The molecule has 0 N–H and O–H groups in total. The highest BCUT2D eigenvalue weighted by Gasteiger charge is 2.51. The molecule has 4 rings (SSSR count). The minimum absolute atomic E-state index is 0.326. The van der Waals surface area contributed by atoms with Crippen molar-refractivity contribution in [3.8, 4) is 16.8 Å². The Kier molecular flexibility index (Phi) is 3.97. The number of hydrogen-bond donors (Lipinski definition) is 0. The van der Waals surface area contributed by atoms with Crippen molar-refractivity contribution >= 4 is 12.6 Å². The molecule has 0 bridgehead atoms. The van der Waals surface area contributed by atoms with Gasteiger partial charge in [-0.1, -0.05) is 36.4 Å². The van der Waals surface area contributed by atoms with Crippen LogP contribution in [0, 0.1) is 0 Å². The molecule has 132 valence electrons. The van der Waals surface area contributed by atoms with Gasteiger partial charge in [-0.3, -0.25) is 0 Å². The van der Waals surface area contributed by atoms with Gasteiger partial charge in [-0.2, -0.15) is 5.10 Å². The Balaban J connectivity index is 1.53. The van der Waals surface area contributed by atoms with Crippen LogP contribution in [0.15, 0.2) is 61.2 Å². The van der Waals surface area contributed by atoms with E-state index in [-0.39, 0.29) is 18.3 Å². The van der Waals surface area contributed by atoms with Crippen molar-refractivity contribution in [2.45, 2.75) is 38.9 Å². The Morgan fingerprint density at radius 1 is 0.808 bits per heavy atom. The van der Waals surface area contributed by atoms with Gasteiger partial charge in [-0.05, 0) is 56.4 Å². The molecule has 1 aromatic heterocycles.